The Balaban J connectivity index is 1.47. The van der Waals surface area contributed by atoms with E-state index in [1.165, 1.54) is 25.7 Å². The van der Waals surface area contributed by atoms with Gasteiger partial charge in [0.1, 0.15) is 0 Å². The van der Waals surface area contributed by atoms with Gasteiger partial charge in [-0.25, -0.2) is 0 Å². The Kier molecular flexibility index (Phi) is 3.73. The fraction of sp³-hybridized carbons (Fsp3) is 0.529. The summed E-state index contributed by atoms with van der Waals surface area (Å²) in [5, 5.41) is 12.0. The Labute approximate surface area is 120 Å². The van der Waals surface area contributed by atoms with E-state index in [2.05, 4.69) is 11.4 Å². The molecule has 0 heterocycles. The quantitative estimate of drug-likeness (QED) is 0.862. The van der Waals surface area contributed by atoms with Crippen LogP contribution in [0.15, 0.2) is 24.3 Å². The number of rotatable bonds is 6. The third-order valence-electron chi connectivity index (χ3n) is 4.31. The summed E-state index contributed by atoms with van der Waals surface area (Å²) >= 11 is 0. The molecule has 2 aliphatic rings. The van der Waals surface area contributed by atoms with Gasteiger partial charge < -0.3 is 5.32 Å². The molecule has 3 nitrogen and oxygen atoms in total. The number of benzene rings is 1. The molecule has 0 saturated heterocycles. The molecule has 0 aliphatic heterocycles. The van der Waals surface area contributed by atoms with Gasteiger partial charge >= 0.3 is 0 Å². The molecule has 3 heteroatoms. The van der Waals surface area contributed by atoms with Crippen molar-refractivity contribution < 1.29 is 4.79 Å². The molecule has 1 aromatic rings. The lowest BCUT2D eigenvalue weighted by atomic mass is 10.1. The first-order valence-electron chi connectivity index (χ1n) is 7.54. The van der Waals surface area contributed by atoms with Gasteiger partial charge in [-0.2, -0.15) is 5.26 Å². The predicted molar refractivity (Wildman–Crippen MR) is 76.9 cm³/mol. The topological polar surface area (TPSA) is 52.9 Å². The van der Waals surface area contributed by atoms with Crippen molar-refractivity contribution in [3.05, 3.63) is 35.4 Å². The van der Waals surface area contributed by atoms with E-state index in [-0.39, 0.29) is 5.91 Å². The van der Waals surface area contributed by atoms with Crippen LogP contribution in [-0.2, 0) is 11.2 Å². The average molecular weight is 268 g/mol. The van der Waals surface area contributed by atoms with Gasteiger partial charge in [-0.15, -0.1) is 0 Å². The van der Waals surface area contributed by atoms with Crippen LogP contribution in [0, 0.1) is 23.2 Å². The van der Waals surface area contributed by atoms with Gasteiger partial charge in [0.15, 0.2) is 0 Å². The minimum atomic E-state index is 0.179. The first-order chi connectivity index (χ1) is 9.76. The Morgan fingerprint density at radius 2 is 1.80 bits per heavy atom. The summed E-state index contributed by atoms with van der Waals surface area (Å²) in [6, 6.07) is 10.0. The van der Waals surface area contributed by atoms with Crippen molar-refractivity contribution in [2.45, 2.75) is 44.6 Å². The van der Waals surface area contributed by atoms with Crippen LogP contribution >= 0.6 is 0 Å². The van der Waals surface area contributed by atoms with Crippen molar-refractivity contribution in [2.75, 3.05) is 0 Å². The van der Waals surface area contributed by atoms with Crippen LogP contribution < -0.4 is 5.32 Å². The van der Waals surface area contributed by atoms with Gasteiger partial charge in [0.05, 0.1) is 11.6 Å². The zero-order valence-corrected chi connectivity index (χ0v) is 11.6. The molecule has 0 bridgehead atoms. The van der Waals surface area contributed by atoms with Gasteiger partial charge in [0, 0.05) is 12.5 Å². The van der Waals surface area contributed by atoms with Crippen LogP contribution in [0.5, 0.6) is 0 Å². The molecule has 2 fully saturated rings. The molecular weight excluding hydrogens is 248 g/mol. The Morgan fingerprint density at radius 3 is 2.30 bits per heavy atom. The molecule has 1 N–H and O–H groups in total. The van der Waals surface area contributed by atoms with E-state index in [0.717, 1.165) is 23.8 Å². The maximum Gasteiger partial charge on any atom is 0.220 e. The van der Waals surface area contributed by atoms with Crippen molar-refractivity contribution in [1.82, 2.24) is 5.32 Å². The van der Waals surface area contributed by atoms with E-state index < -0.39 is 0 Å². The molecular formula is C17H20N2O. The van der Waals surface area contributed by atoms with Gasteiger partial charge in [0.2, 0.25) is 5.91 Å². The molecule has 0 radical (unpaired) electrons. The number of carbonyl (C=O) groups excluding carboxylic acids is 1. The highest BCUT2D eigenvalue weighted by Crippen LogP contribution is 2.44. The fourth-order valence-corrected chi connectivity index (χ4v) is 2.79. The summed E-state index contributed by atoms with van der Waals surface area (Å²) in [5.74, 6) is 1.68. The first-order valence-corrected chi connectivity index (χ1v) is 7.54. The third-order valence-corrected chi connectivity index (χ3v) is 4.31. The van der Waals surface area contributed by atoms with E-state index in [1.807, 2.05) is 24.3 Å². The van der Waals surface area contributed by atoms with E-state index in [4.69, 9.17) is 5.26 Å². The van der Waals surface area contributed by atoms with E-state index in [1.54, 1.807) is 0 Å². The lowest BCUT2D eigenvalue weighted by Gasteiger charge is -2.17. The number of hydrogen-bond donors (Lipinski definition) is 1. The van der Waals surface area contributed by atoms with Crippen LogP contribution in [0.1, 0.15) is 43.2 Å². The van der Waals surface area contributed by atoms with Crippen LogP contribution in [0.25, 0.3) is 0 Å². The fourth-order valence-electron chi connectivity index (χ4n) is 2.79. The number of nitrogens with zero attached hydrogens (tertiary/aromatic N) is 1. The highest BCUT2D eigenvalue weighted by Gasteiger charge is 2.41. The SMILES string of the molecule is N#Cc1ccc(CCC(=O)NC(C2CC2)C2CC2)cc1. The summed E-state index contributed by atoms with van der Waals surface area (Å²) in [7, 11) is 0. The van der Waals surface area contributed by atoms with Crippen molar-refractivity contribution in [2.24, 2.45) is 11.8 Å². The molecule has 2 aliphatic carbocycles. The third kappa shape index (κ3) is 3.39. The van der Waals surface area contributed by atoms with Crippen molar-refractivity contribution in [1.29, 1.82) is 5.26 Å². The molecule has 104 valence electrons. The number of carbonyl (C=O) groups is 1. The molecule has 0 aromatic heterocycles. The smallest absolute Gasteiger partial charge is 0.220 e. The second-order valence-electron chi connectivity index (χ2n) is 6.08. The molecule has 20 heavy (non-hydrogen) atoms. The minimum absolute atomic E-state index is 0.179. The summed E-state index contributed by atoms with van der Waals surface area (Å²) in [6.45, 7) is 0. The zero-order valence-electron chi connectivity index (χ0n) is 11.6. The minimum Gasteiger partial charge on any atom is -0.353 e. The zero-order chi connectivity index (χ0) is 13.9. The van der Waals surface area contributed by atoms with Crippen molar-refractivity contribution >= 4 is 5.91 Å². The maximum absolute atomic E-state index is 12.1. The van der Waals surface area contributed by atoms with Crippen molar-refractivity contribution in [3.63, 3.8) is 0 Å². The number of amides is 1. The highest BCUT2D eigenvalue weighted by molar-refractivity contribution is 5.76. The van der Waals surface area contributed by atoms with E-state index in [9.17, 15) is 4.79 Å². The molecule has 0 spiro atoms. The number of hydrogen-bond acceptors (Lipinski definition) is 2. The van der Waals surface area contributed by atoms with E-state index >= 15 is 0 Å². The second-order valence-corrected chi connectivity index (χ2v) is 6.08. The van der Waals surface area contributed by atoms with Gasteiger partial charge in [0.25, 0.3) is 0 Å². The summed E-state index contributed by atoms with van der Waals surface area (Å²) in [6.07, 6.45) is 6.45. The maximum atomic E-state index is 12.1. The molecule has 1 amide bonds. The second kappa shape index (κ2) is 5.66. The van der Waals surface area contributed by atoms with E-state index in [0.29, 0.717) is 18.0 Å². The average Bonchev–Trinajstić information content (AvgIpc) is 3.36. The molecule has 3 rings (SSSR count). The predicted octanol–water partition coefficient (Wildman–Crippen LogP) is 2.80. The summed E-state index contributed by atoms with van der Waals surface area (Å²) in [5.41, 5.74) is 1.79. The Hall–Kier alpha value is -1.82. The monoisotopic (exact) mass is 268 g/mol. The molecule has 1 aromatic carbocycles. The molecule has 0 atom stereocenters. The molecule has 2 saturated carbocycles. The number of aryl methyl sites for hydroxylation is 1. The normalized spacial score (nSPS) is 17.8. The van der Waals surface area contributed by atoms with Crippen LogP contribution in [0.2, 0.25) is 0 Å². The van der Waals surface area contributed by atoms with Gasteiger partial charge in [-0.05, 0) is 61.6 Å². The van der Waals surface area contributed by atoms with Crippen LogP contribution in [0.3, 0.4) is 0 Å². The lowest BCUT2D eigenvalue weighted by Crippen LogP contribution is -2.38. The van der Waals surface area contributed by atoms with Crippen LogP contribution in [0.4, 0.5) is 0 Å². The van der Waals surface area contributed by atoms with Crippen molar-refractivity contribution in [3.8, 4) is 6.07 Å². The van der Waals surface area contributed by atoms with Crippen LogP contribution in [-0.4, -0.2) is 11.9 Å². The summed E-state index contributed by atoms with van der Waals surface area (Å²) in [4.78, 5) is 12.1. The number of nitrogens with one attached hydrogen (secondary N) is 1. The first kappa shape index (κ1) is 13.2. The van der Waals surface area contributed by atoms with Gasteiger partial charge in [-0.1, -0.05) is 12.1 Å². The Bertz CT molecular complexity index is 509. The molecule has 0 unspecified atom stereocenters. The lowest BCUT2D eigenvalue weighted by molar-refractivity contribution is -0.122. The standard InChI is InChI=1S/C17H20N2O/c18-11-13-3-1-12(2-4-13)5-10-16(20)19-17(14-6-7-14)15-8-9-15/h1-4,14-15,17H,5-10H2,(H,19,20). The number of nitriles is 1. The largest absolute Gasteiger partial charge is 0.353 e. The van der Waals surface area contributed by atoms with Gasteiger partial charge in [-0.3, -0.25) is 4.79 Å². The summed E-state index contributed by atoms with van der Waals surface area (Å²) < 4.78 is 0. The Morgan fingerprint density at radius 1 is 1.20 bits per heavy atom. The highest BCUT2D eigenvalue weighted by atomic mass is 16.1.